The summed E-state index contributed by atoms with van der Waals surface area (Å²) in [7, 11) is 0. The largest absolute Gasteiger partial charge is 0.332 e. The second kappa shape index (κ2) is 9.43. The minimum atomic E-state index is -1.83. The van der Waals surface area contributed by atoms with Crippen LogP contribution in [-0.2, 0) is 28.2 Å². The van der Waals surface area contributed by atoms with Crippen LogP contribution in [0.1, 0.15) is 23.6 Å². The Morgan fingerprint density at radius 1 is 0.912 bits per heavy atom. The summed E-state index contributed by atoms with van der Waals surface area (Å²) < 4.78 is 28.2. The van der Waals surface area contributed by atoms with Crippen LogP contribution < -0.4 is 5.32 Å². The fourth-order valence-corrected chi connectivity index (χ4v) is 3.98. The van der Waals surface area contributed by atoms with Crippen LogP contribution in [0.5, 0.6) is 0 Å². The van der Waals surface area contributed by atoms with Crippen molar-refractivity contribution in [3.05, 3.63) is 107 Å². The zero-order chi connectivity index (χ0) is 24.3. The molecule has 1 atom stereocenters. The molecule has 4 rings (SSSR count). The van der Waals surface area contributed by atoms with E-state index in [-0.39, 0.29) is 18.7 Å². The quantitative estimate of drug-likeness (QED) is 0.540. The average molecular weight is 463 g/mol. The minimum absolute atomic E-state index is 0.272. The third-order valence-corrected chi connectivity index (χ3v) is 5.82. The first-order chi connectivity index (χ1) is 16.3. The summed E-state index contributed by atoms with van der Waals surface area (Å²) >= 11 is 0. The van der Waals surface area contributed by atoms with Gasteiger partial charge in [-0.1, -0.05) is 60.7 Å². The van der Waals surface area contributed by atoms with Crippen molar-refractivity contribution >= 4 is 17.8 Å². The molecule has 34 heavy (non-hydrogen) atoms. The molecule has 1 fully saturated rings. The maximum Gasteiger partial charge on any atom is 0.325 e. The molecule has 0 bridgehead atoms. The van der Waals surface area contributed by atoms with Crippen molar-refractivity contribution in [2.24, 2.45) is 0 Å². The topological polar surface area (TPSA) is 69.7 Å². The van der Waals surface area contributed by atoms with Gasteiger partial charge in [-0.25, -0.2) is 13.6 Å². The highest BCUT2D eigenvalue weighted by molar-refractivity contribution is 6.09. The van der Waals surface area contributed by atoms with Crippen molar-refractivity contribution in [1.29, 1.82) is 0 Å². The zero-order valence-corrected chi connectivity index (χ0v) is 18.5. The number of rotatable bonds is 7. The van der Waals surface area contributed by atoms with Gasteiger partial charge in [0.05, 0.1) is 0 Å². The summed E-state index contributed by atoms with van der Waals surface area (Å²) in [6.07, 6.45) is 0. The zero-order valence-electron chi connectivity index (χ0n) is 18.5. The molecule has 0 aliphatic carbocycles. The van der Waals surface area contributed by atoms with E-state index >= 15 is 0 Å². The van der Waals surface area contributed by atoms with Crippen molar-refractivity contribution in [2.45, 2.75) is 25.6 Å². The summed E-state index contributed by atoms with van der Waals surface area (Å²) in [6.45, 7) is 1.31. The van der Waals surface area contributed by atoms with Gasteiger partial charge in [0.2, 0.25) is 5.91 Å². The molecule has 0 radical (unpaired) electrons. The number of urea groups is 1. The third-order valence-electron chi connectivity index (χ3n) is 5.82. The second-order valence-corrected chi connectivity index (χ2v) is 8.29. The van der Waals surface area contributed by atoms with Gasteiger partial charge in [-0.15, -0.1) is 0 Å². The molecule has 1 heterocycles. The van der Waals surface area contributed by atoms with Crippen LogP contribution in [0.4, 0.5) is 13.6 Å². The molecular formula is C26H23F2N3O3. The fraction of sp³-hybridized carbons (Fsp3) is 0.192. The lowest BCUT2D eigenvalue weighted by atomic mass is 9.91. The van der Waals surface area contributed by atoms with E-state index in [0.29, 0.717) is 0 Å². The Morgan fingerprint density at radius 2 is 1.47 bits per heavy atom. The van der Waals surface area contributed by atoms with Crippen molar-refractivity contribution in [3.63, 3.8) is 0 Å². The summed E-state index contributed by atoms with van der Waals surface area (Å²) in [5.74, 6) is -2.86. The standard InChI is InChI=1S/C26H23F2N3O3/c1-26(21-14-20(27)12-13-22(21)28)24(33)31(25(34)29-26)17-23(32)30(15-18-8-4-2-5-9-18)16-19-10-6-3-7-11-19/h2-14H,15-17H2,1H3,(H,29,34). The first kappa shape index (κ1) is 23.1. The van der Waals surface area contributed by atoms with Gasteiger partial charge in [-0.2, -0.15) is 0 Å². The van der Waals surface area contributed by atoms with Crippen LogP contribution in [0.3, 0.4) is 0 Å². The molecule has 4 amide bonds. The van der Waals surface area contributed by atoms with Crippen LogP contribution in [0.2, 0.25) is 0 Å². The highest BCUT2D eigenvalue weighted by Crippen LogP contribution is 2.31. The van der Waals surface area contributed by atoms with Gasteiger partial charge in [-0.05, 0) is 36.2 Å². The molecule has 0 spiro atoms. The third kappa shape index (κ3) is 4.66. The molecule has 8 heteroatoms. The van der Waals surface area contributed by atoms with Gasteiger partial charge >= 0.3 is 6.03 Å². The van der Waals surface area contributed by atoms with Crippen LogP contribution in [-0.4, -0.2) is 34.2 Å². The molecule has 1 unspecified atom stereocenters. The smallest absolute Gasteiger partial charge is 0.325 e. The summed E-state index contributed by atoms with van der Waals surface area (Å²) in [6, 6.07) is 20.5. The van der Waals surface area contributed by atoms with E-state index < -0.39 is 41.6 Å². The van der Waals surface area contributed by atoms with Crippen molar-refractivity contribution < 1.29 is 23.2 Å². The van der Waals surface area contributed by atoms with Gasteiger partial charge in [0.25, 0.3) is 5.91 Å². The Labute approximate surface area is 195 Å². The Kier molecular flexibility index (Phi) is 6.40. The van der Waals surface area contributed by atoms with E-state index in [1.807, 2.05) is 60.7 Å². The Hall–Kier alpha value is -4.07. The number of nitrogens with one attached hydrogen (secondary N) is 1. The molecule has 1 aliphatic rings. The summed E-state index contributed by atoms with van der Waals surface area (Å²) in [4.78, 5) is 41.4. The molecule has 0 saturated carbocycles. The minimum Gasteiger partial charge on any atom is -0.332 e. The van der Waals surface area contributed by atoms with Gasteiger partial charge in [0.15, 0.2) is 0 Å². The van der Waals surface area contributed by atoms with Gasteiger partial charge < -0.3 is 10.2 Å². The lowest BCUT2D eigenvalue weighted by molar-refractivity contribution is -0.139. The van der Waals surface area contributed by atoms with E-state index in [0.717, 1.165) is 34.2 Å². The van der Waals surface area contributed by atoms with E-state index in [1.54, 1.807) is 4.90 Å². The molecule has 174 valence electrons. The maximum absolute atomic E-state index is 14.4. The first-order valence-electron chi connectivity index (χ1n) is 10.7. The number of imide groups is 1. The molecule has 1 N–H and O–H groups in total. The van der Waals surface area contributed by atoms with Crippen LogP contribution in [0.25, 0.3) is 0 Å². The normalized spacial score (nSPS) is 17.6. The molecule has 0 aromatic heterocycles. The molecule has 1 saturated heterocycles. The number of hydrogen-bond acceptors (Lipinski definition) is 3. The van der Waals surface area contributed by atoms with Crippen molar-refractivity contribution in [1.82, 2.24) is 15.1 Å². The van der Waals surface area contributed by atoms with Gasteiger partial charge in [0.1, 0.15) is 23.7 Å². The van der Waals surface area contributed by atoms with E-state index in [4.69, 9.17) is 0 Å². The highest BCUT2D eigenvalue weighted by Gasteiger charge is 2.51. The molecule has 6 nitrogen and oxygen atoms in total. The number of hydrogen-bond donors (Lipinski definition) is 1. The van der Waals surface area contributed by atoms with E-state index in [9.17, 15) is 23.2 Å². The number of carbonyl (C=O) groups excluding carboxylic acids is 3. The monoisotopic (exact) mass is 463 g/mol. The predicted molar refractivity (Wildman–Crippen MR) is 121 cm³/mol. The Balaban J connectivity index is 1.57. The van der Waals surface area contributed by atoms with Crippen LogP contribution >= 0.6 is 0 Å². The summed E-state index contributed by atoms with van der Waals surface area (Å²) in [5, 5.41) is 2.42. The number of carbonyl (C=O) groups is 3. The Bertz CT molecular complexity index is 1180. The van der Waals surface area contributed by atoms with Crippen LogP contribution in [0.15, 0.2) is 78.9 Å². The SMILES string of the molecule is CC1(c2cc(F)ccc2F)NC(=O)N(CC(=O)N(Cc2ccccc2)Cc2ccccc2)C1=O. The van der Waals surface area contributed by atoms with Gasteiger partial charge in [0, 0.05) is 18.7 Å². The first-order valence-corrected chi connectivity index (χ1v) is 10.7. The Morgan fingerprint density at radius 3 is 2.03 bits per heavy atom. The van der Waals surface area contributed by atoms with Crippen LogP contribution in [0, 0.1) is 11.6 Å². The van der Waals surface area contributed by atoms with Crippen molar-refractivity contribution in [3.8, 4) is 0 Å². The number of amides is 4. The molecule has 3 aromatic carbocycles. The summed E-state index contributed by atoms with van der Waals surface area (Å²) in [5.41, 5.74) is -0.356. The highest BCUT2D eigenvalue weighted by atomic mass is 19.1. The van der Waals surface area contributed by atoms with E-state index in [1.165, 1.54) is 6.92 Å². The fourth-order valence-electron chi connectivity index (χ4n) is 3.98. The lowest BCUT2D eigenvalue weighted by Crippen LogP contribution is -2.44. The second-order valence-electron chi connectivity index (χ2n) is 8.29. The molecule has 3 aromatic rings. The van der Waals surface area contributed by atoms with Crippen molar-refractivity contribution in [2.75, 3.05) is 6.54 Å². The van der Waals surface area contributed by atoms with E-state index in [2.05, 4.69) is 5.32 Å². The average Bonchev–Trinajstić information content (AvgIpc) is 3.05. The predicted octanol–water partition coefficient (Wildman–Crippen LogP) is 3.96. The number of benzene rings is 3. The maximum atomic E-state index is 14.4. The number of nitrogens with zero attached hydrogens (tertiary/aromatic N) is 2. The lowest BCUT2D eigenvalue weighted by Gasteiger charge is -2.26. The molecular weight excluding hydrogens is 440 g/mol. The number of halogens is 2. The van der Waals surface area contributed by atoms with Gasteiger partial charge in [-0.3, -0.25) is 14.5 Å². The molecule has 1 aliphatic heterocycles.